The number of nitrogens with one attached hydrogen (secondary N) is 2. The molecule has 2 aromatic carbocycles. The third kappa shape index (κ3) is 2.19. The largest absolute Gasteiger partial charge is 0.384 e. The third-order valence-corrected chi connectivity index (χ3v) is 4.52. The van der Waals surface area contributed by atoms with Crippen molar-refractivity contribution in [2.45, 2.75) is 25.3 Å². The normalized spacial score (nSPS) is 18.8. The molecule has 0 bridgehead atoms. The molecule has 0 saturated heterocycles. The molecule has 0 radical (unpaired) electrons. The van der Waals surface area contributed by atoms with E-state index in [-0.39, 0.29) is 11.9 Å². The summed E-state index contributed by atoms with van der Waals surface area (Å²) in [6.45, 7) is 0.969. The maximum Gasteiger partial charge on any atom is 0.251 e. The lowest BCUT2D eigenvalue weighted by Crippen LogP contribution is -2.27. The lowest BCUT2D eigenvalue weighted by molar-refractivity contribution is 0.0937. The van der Waals surface area contributed by atoms with Gasteiger partial charge in [-0.3, -0.25) is 4.79 Å². The van der Waals surface area contributed by atoms with Crippen LogP contribution in [-0.4, -0.2) is 12.5 Å². The third-order valence-electron chi connectivity index (χ3n) is 4.52. The Kier molecular flexibility index (Phi) is 2.92. The Balaban J connectivity index is 1.54. The van der Waals surface area contributed by atoms with Gasteiger partial charge in [-0.05, 0) is 48.1 Å². The minimum absolute atomic E-state index is 0.0215. The zero-order valence-corrected chi connectivity index (χ0v) is 11.9. The van der Waals surface area contributed by atoms with Gasteiger partial charge in [0.15, 0.2) is 0 Å². The molecular weight excluding hydrogens is 260 g/mol. The molecule has 0 spiro atoms. The van der Waals surface area contributed by atoms with E-state index in [9.17, 15) is 4.79 Å². The molecular formula is C18H18N2O. The van der Waals surface area contributed by atoms with Crippen molar-refractivity contribution in [1.82, 2.24) is 5.32 Å². The first-order chi connectivity index (χ1) is 10.3. The first-order valence-electron chi connectivity index (χ1n) is 7.57. The minimum atomic E-state index is 0.0215. The van der Waals surface area contributed by atoms with Crippen molar-refractivity contribution in [2.24, 2.45) is 0 Å². The van der Waals surface area contributed by atoms with Crippen LogP contribution in [0, 0.1) is 0 Å². The van der Waals surface area contributed by atoms with Crippen LogP contribution in [0.2, 0.25) is 0 Å². The van der Waals surface area contributed by atoms with E-state index in [2.05, 4.69) is 34.9 Å². The molecule has 2 aromatic rings. The first kappa shape index (κ1) is 12.5. The van der Waals surface area contributed by atoms with Crippen LogP contribution in [0.25, 0.3) is 0 Å². The van der Waals surface area contributed by atoms with E-state index in [0.717, 1.165) is 37.1 Å². The first-order valence-corrected chi connectivity index (χ1v) is 7.57. The van der Waals surface area contributed by atoms with Gasteiger partial charge in [0.05, 0.1) is 6.04 Å². The van der Waals surface area contributed by atoms with Gasteiger partial charge in [0.2, 0.25) is 0 Å². The Morgan fingerprint density at radius 3 is 2.95 bits per heavy atom. The quantitative estimate of drug-likeness (QED) is 0.886. The fraction of sp³-hybridized carbons (Fsp3) is 0.278. The maximum atomic E-state index is 12.5. The summed E-state index contributed by atoms with van der Waals surface area (Å²) in [6, 6.07) is 14.5. The van der Waals surface area contributed by atoms with Crippen LogP contribution in [0.15, 0.2) is 42.5 Å². The number of fused-ring (bicyclic) bond motifs is 2. The van der Waals surface area contributed by atoms with E-state index in [1.54, 1.807) is 0 Å². The lowest BCUT2D eigenvalue weighted by atomic mass is 10.1. The van der Waals surface area contributed by atoms with Gasteiger partial charge in [-0.1, -0.05) is 30.3 Å². The summed E-state index contributed by atoms with van der Waals surface area (Å²) in [5.41, 5.74) is 5.78. The van der Waals surface area contributed by atoms with Gasteiger partial charge in [0.1, 0.15) is 0 Å². The van der Waals surface area contributed by atoms with Crippen molar-refractivity contribution >= 4 is 11.6 Å². The molecule has 3 nitrogen and oxygen atoms in total. The number of anilines is 1. The van der Waals surface area contributed by atoms with Crippen molar-refractivity contribution in [2.75, 3.05) is 11.9 Å². The van der Waals surface area contributed by atoms with E-state index >= 15 is 0 Å². The van der Waals surface area contributed by atoms with Gasteiger partial charge >= 0.3 is 0 Å². The predicted octanol–water partition coefficient (Wildman–Crippen LogP) is 3.07. The average molecular weight is 278 g/mol. The summed E-state index contributed by atoms with van der Waals surface area (Å²) >= 11 is 0. The van der Waals surface area contributed by atoms with Gasteiger partial charge in [-0.25, -0.2) is 0 Å². The summed E-state index contributed by atoms with van der Waals surface area (Å²) in [5, 5.41) is 6.50. The molecule has 1 unspecified atom stereocenters. The Morgan fingerprint density at radius 1 is 1.10 bits per heavy atom. The summed E-state index contributed by atoms with van der Waals surface area (Å²) in [7, 11) is 0. The van der Waals surface area contributed by atoms with E-state index in [1.165, 1.54) is 16.7 Å². The van der Waals surface area contributed by atoms with Crippen molar-refractivity contribution in [3.63, 3.8) is 0 Å². The van der Waals surface area contributed by atoms with Gasteiger partial charge in [0.25, 0.3) is 5.91 Å². The van der Waals surface area contributed by atoms with Crippen LogP contribution in [0.3, 0.4) is 0 Å². The fourth-order valence-corrected chi connectivity index (χ4v) is 3.38. The van der Waals surface area contributed by atoms with Crippen molar-refractivity contribution in [3.8, 4) is 0 Å². The molecule has 1 heterocycles. The molecule has 1 aliphatic carbocycles. The van der Waals surface area contributed by atoms with Crippen LogP contribution in [-0.2, 0) is 12.8 Å². The monoisotopic (exact) mass is 278 g/mol. The fourth-order valence-electron chi connectivity index (χ4n) is 3.38. The molecule has 0 saturated carbocycles. The van der Waals surface area contributed by atoms with Crippen LogP contribution >= 0.6 is 0 Å². The maximum absolute atomic E-state index is 12.5. The Labute approximate surface area is 124 Å². The predicted molar refractivity (Wildman–Crippen MR) is 83.6 cm³/mol. The van der Waals surface area contributed by atoms with Crippen LogP contribution < -0.4 is 10.6 Å². The van der Waals surface area contributed by atoms with Gasteiger partial charge in [0, 0.05) is 17.8 Å². The minimum Gasteiger partial charge on any atom is -0.384 e. The lowest BCUT2D eigenvalue weighted by Gasteiger charge is -2.14. The van der Waals surface area contributed by atoms with E-state index in [4.69, 9.17) is 0 Å². The van der Waals surface area contributed by atoms with Crippen molar-refractivity contribution < 1.29 is 4.79 Å². The van der Waals surface area contributed by atoms with Crippen molar-refractivity contribution in [3.05, 3.63) is 64.7 Å². The van der Waals surface area contributed by atoms with E-state index in [0.29, 0.717) is 0 Å². The molecule has 2 aliphatic rings. The summed E-state index contributed by atoms with van der Waals surface area (Å²) < 4.78 is 0. The second-order valence-electron chi connectivity index (χ2n) is 5.81. The molecule has 1 aliphatic heterocycles. The smallest absolute Gasteiger partial charge is 0.251 e. The highest BCUT2D eigenvalue weighted by molar-refractivity contribution is 5.95. The number of hydrogen-bond donors (Lipinski definition) is 2. The Morgan fingerprint density at radius 2 is 2.00 bits per heavy atom. The highest BCUT2D eigenvalue weighted by Gasteiger charge is 2.24. The molecule has 1 atom stereocenters. The second-order valence-corrected chi connectivity index (χ2v) is 5.81. The number of carbonyl (C=O) groups excluding carboxylic acids is 1. The molecule has 4 rings (SSSR count). The average Bonchev–Trinajstić information content (AvgIpc) is 3.13. The second kappa shape index (κ2) is 4.92. The van der Waals surface area contributed by atoms with Crippen LogP contribution in [0.5, 0.6) is 0 Å². The van der Waals surface area contributed by atoms with Crippen LogP contribution in [0.4, 0.5) is 5.69 Å². The van der Waals surface area contributed by atoms with Crippen LogP contribution in [0.1, 0.15) is 39.5 Å². The van der Waals surface area contributed by atoms with Crippen molar-refractivity contribution in [1.29, 1.82) is 0 Å². The highest BCUT2D eigenvalue weighted by Crippen LogP contribution is 2.31. The topological polar surface area (TPSA) is 41.1 Å². The van der Waals surface area contributed by atoms with Gasteiger partial charge < -0.3 is 10.6 Å². The summed E-state index contributed by atoms with van der Waals surface area (Å²) in [5.74, 6) is 0.0215. The number of rotatable bonds is 2. The molecule has 21 heavy (non-hydrogen) atoms. The SMILES string of the molecule is O=C(NC1CCc2ccccc21)c1ccc2c(c1)NCC2. The molecule has 0 aromatic heterocycles. The number of carbonyl (C=O) groups is 1. The van der Waals surface area contributed by atoms with E-state index < -0.39 is 0 Å². The molecule has 1 amide bonds. The van der Waals surface area contributed by atoms with Gasteiger partial charge in [-0.15, -0.1) is 0 Å². The zero-order chi connectivity index (χ0) is 14.2. The number of amides is 1. The molecule has 3 heteroatoms. The van der Waals surface area contributed by atoms with E-state index in [1.807, 2.05) is 18.2 Å². The molecule has 0 fully saturated rings. The molecule has 2 N–H and O–H groups in total. The van der Waals surface area contributed by atoms with Gasteiger partial charge in [-0.2, -0.15) is 0 Å². The highest BCUT2D eigenvalue weighted by atomic mass is 16.1. The molecule has 106 valence electrons. The Bertz CT molecular complexity index is 708. The number of hydrogen-bond acceptors (Lipinski definition) is 2. The Hall–Kier alpha value is -2.29. The summed E-state index contributed by atoms with van der Waals surface area (Å²) in [6.07, 6.45) is 3.09. The zero-order valence-electron chi connectivity index (χ0n) is 11.9. The summed E-state index contributed by atoms with van der Waals surface area (Å²) in [4.78, 5) is 12.5. The number of benzene rings is 2. The standard InChI is InChI=1S/C18H18N2O/c21-18(14-6-5-13-9-10-19-17(13)11-14)20-16-8-7-12-3-1-2-4-15(12)16/h1-6,11,16,19H,7-10H2,(H,20,21). The number of aryl methyl sites for hydroxylation is 1.